The number of aromatic nitrogens is 1. The number of benzene rings is 2. The van der Waals surface area contributed by atoms with Crippen LogP contribution in [0.25, 0.3) is 10.2 Å². The molecule has 8 nitrogen and oxygen atoms in total. The minimum atomic E-state index is -0.787. The van der Waals surface area contributed by atoms with Crippen LogP contribution in [0.4, 0.5) is 9.93 Å². The van der Waals surface area contributed by atoms with Gasteiger partial charge in [0.1, 0.15) is 25.9 Å². The number of anilines is 1. The normalized spacial score (nSPS) is 13.6. The van der Waals surface area contributed by atoms with E-state index in [1.807, 2.05) is 36.4 Å². The largest absolute Gasteiger partial charge is 0.486 e. The summed E-state index contributed by atoms with van der Waals surface area (Å²) in [6.07, 6.45) is -0.664. The molecule has 9 heteroatoms. The Morgan fingerprint density at radius 3 is 2.66 bits per heavy atom. The van der Waals surface area contributed by atoms with Gasteiger partial charge in [-0.25, -0.2) is 9.78 Å². The molecule has 1 aliphatic heterocycles. The molecule has 2 amide bonds. The number of nitrogens with zero attached hydrogens (tertiary/aromatic N) is 1. The summed E-state index contributed by atoms with van der Waals surface area (Å²) in [4.78, 5) is 28.7. The lowest BCUT2D eigenvalue weighted by Gasteiger charge is -2.17. The Morgan fingerprint density at radius 2 is 1.90 bits per heavy atom. The molecule has 4 rings (SSSR count). The van der Waals surface area contributed by atoms with E-state index in [0.29, 0.717) is 35.4 Å². The van der Waals surface area contributed by atoms with Crippen LogP contribution < -0.4 is 20.1 Å². The highest BCUT2D eigenvalue weighted by Crippen LogP contribution is 2.37. The van der Waals surface area contributed by atoms with Crippen LogP contribution in [0.3, 0.4) is 0 Å². The highest BCUT2D eigenvalue weighted by molar-refractivity contribution is 7.22. The van der Waals surface area contributed by atoms with E-state index in [1.165, 1.54) is 11.3 Å². The third-order valence-electron chi connectivity index (χ3n) is 4.22. The van der Waals surface area contributed by atoms with Crippen LogP contribution in [0.2, 0.25) is 0 Å². The van der Waals surface area contributed by atoms with Crippen molar-refractivity contribution in [2.75, 3.05) is 18.5 Å². The molecule has 29 heavy (non-hydrogen) atoms. The van der Waals surface area contributed by atoms with Crippen LogP contribution in [0, 0.1) is 0 Å². The molecule has 150 valence electrons. The van der Waals surface area contributed by atoms with Gasteiger partial charge in [0.05, 0.1) is 10.2 Å². The first-order chi connectivity index (χ1) is 14.1. The number of nitrogens with one attached hydrogen (secondary N) is 2. The molecule has 1 aliphatic rings. The topological polar surface area (TPSA) is 98.8 Å². The van der Waals surface area contributed by atoms with Crippen LogP contribution >= 0.6 is 11.3 Å². The maximum absolute atomic E-state index is 12.4. The second-order valence-electron chi connectivity index (χ2n) is 6.40. The number of hydrogen-bond donors (Lipinski definition) is 2. The minimum absolute atomic E-state index is 0.133. The number of alkyl carbamates (subject to hydrolysis) is 1. The molecule has 0 spiro atoms. The fraction of sp³-hybridized carbons (Fsp3) is 0.250. The maximum Gasteiger partial charge on any atom is 0.408 e. The van der Waals surface area contributed by atoms with E-state index in [0.717, 1.165) is 10.3 Å². The van der Waals surface area contributed by atoms with E-state index < -0.39 is 18.0 Å². The molecule has 2 heterocycles. The number of thiazole rings is 1. The van der Waals surface area contributed by atoms with Crippen LogP contribution in [0.5, 0.6) is 11.5 Å². The van der Waals surface area contributed by atoms with Gasteiger partial charge in [-0.05, 0) is 12.5 Å². The Balaban J connectivity index is 1.34. The first-order valence-corrected chi connectivity index (χ1v) is 9.88. The number of rotatable bonds is 5. The summed E-state index contributed by atoms with van der Waals surface area (Å²) in [6, 6.07) is 12.2. The van der Waals surface area contributed by atoms with E-state index >= 15 is 0 Å². The van der Waals surface area contributed by atoms with Gasteiger partial charge in [-0.2, -0.15) is 0 Å². The third kappa shape index (κ3) is 4.57. The smallest absolute Gasteiger partial charge is 0.408 e. The highest BCUT2D eigenvalue weighted by Gasteiger charge is 2.19. The molecule has 0 fully saturated rings. The van der Waals surface area contributed by atoms with E-state index in [-0.39, 0.29) is 6.61 Å². The van der Waals surface area contributed by atoms with E-state index in [9.17, 15) is 9.59 Å². The number of carbonyl (C=O) groups is 2. The van der Waals surface area contributed by atoms with Gasteiger partial charge < -0.3 is 24.8 Å². The zero-order valence-corrected chi connectivity index (χ0v) is 16.5. The minimum Gasteiger partial charge on any atom is -0.486 e. The number of fused-ring (bicyclic) bond motifs is 2. The zero-order valence-electron chi connectivity index (χ0n) is 15.6. The lowest BCUT2D eigenvalue weighted by Crippen LogP contribution is -2.41. The molecule has 0 bridgehead atoms. The van der Waals surface area contributed by atoms with Gasteiger partial charge in [-0.3, -0.25) is 4.79 Å². The third-order valence-corrected chi connectivity index (χ3v) is 5.16. The van der Waals surface area contributed by atoms with Crippen LogP contribution in [-0.2, 0) is 16.1 Å². The number of hydrogen-bond acceptors (Lipinski definition) is 7. The molecule has 1 aromatic heterocycles. The van der Waals surface area contributed by atoms with E-state index in [4.69, 9.17) is 14.2 Å². The summed E-state index contributed by atoms with van der Waals surface area (Å²) in [7, 11) is 0. The second kappa shape index (κ2) is 8.36. The van der Waals surface area contributed by atoms with Crippen LogP contribution in [-0.4, -0.2) is 36.2 Å². The molecular formula is C20H19N3O5S. The lowest BCUT2D eigenvalue weighted by molar-refractivity contribution is -0.117. The molecule has 0 unspecified atom stereocenters. The summed E-state index contributed by atoms with van der Waals surface area (Å²) in [5, 5.41) is 5.66. The number of amides is 2. The molecule has 0 aliphatic carbocycles. The van der Waals surface area contributed by atoms with Crippen molar-refractivity contribution in [3.8, 4) is 11.5 Å². The average Bonchev–Trinajstić information content (AvgIpc) is 3.12. The highest BCUT2D eigenvalue weighted by atomic mass is 32.1. The lowest BCUT2D eigenvalue weighted by atomic mass is 10.2. The van der Waals surface area contributed by atoms with Crippen molar-refractivity contribution in [1.82, 2.24) is 10.3 Å². The summed E-state index contributed by atoms with van der Waals surface area (Å²) < 4.78 is 17.1. The number of carbonyl (C=O) groups excluding carboxylic acids is 2. The van der Waals surface area contributed by atoms with Gasteiger partial charge in [0.15, 0.2) is 16.6 Å². The fourth-order valence-electron chi connectivity index (χ4n) is 2.74. The summed E-state index contributed by atoms with van der Waals surface area (Å²) >= 11 is 1.32. The van der Waals surface area contributed by atoms with Crippen molar-refractivity contribution in [2.45, 2.75) is 19.6 Å². The van der Waals surface area contributed by atoms with Gasteiger partial charge in [-0.1, -0.05) is 41.7 Å². The average molecular weight is 413 g/mol. The second-order valence-corrected chi connectivity index (χ2v) is 7.43. The van der Waals surface area contributed by atoms with Crippen molar-refractivity contribution in [2.24, 2.45) is 0 Å². The van der Waals surface area contributed by atoms with Crippen molar-refractivity contribution >= 4 is 38.7 Å². The predicted octanol–water partition coefficient (Wildman–Crippen LogP) is 3.32. The predicted molar refractivity (Wildman–Crippen MR) is 108 cm³/mol. The van der Waals surface area contributed by atoms with Crippen LogP contribution in [0.15, 0.2) is 42.5 Å². The monoisotopic (exact) mass is 413 g/mol. The quantitative estimate of drug-likeness (QED) is 0.666. The molecule has 0 saturated carbocycles. The molecule has 2 aromatic carbocycles. The summed E-state index contributed by atoms with van der Waals surface area (Å²) in [5.41, 5.74) is 1.57. The Morgan fingerprint density at radius 1 is 1.17 bits per heavy atom. The Labute approximate surface area is 170 Å². The molecule has 0 radical (unpaired) electrons. The van der Waals surface area contributed by atoms with E-state index in [1.54, 1.807) is 13.0 Å². The molecule has 0 saturated heterocycles. The van der Waals surface area contributed by atoms with Crippen molar-refractivity contribution in [3.05, 3.63) is 48.0 Å². The van der Waals surface area contributed by atoms with Gasteiger partial charge in [0.2, 0.25) is 5.91 Å². The van der Waals surface area contributed by atoms with Gasteiger partial charge in [-0.15, -0.1) is 0 Å². The first-order valence-electron chi connectivity index (χ1n) is 9.07. The van der Waals surface area contributed by atoms with Gasteiger partial charge >= 0.3 is 6.09 Å². The zero-order chi connectivity index (χ0) is 20.2. The standard InChI is InChI=1S/C20H19N3O5S/c1-12(21-20(25)28-11-13-5-3-2-4-6-13)18(24)23-19-22-14-9-15-16(10-17(14)29-19)27-8-7-26-15/h2-6,9-10,12H,7-8,11H2,1H3,(H,21,25)(H,22,23,24)/t12-/m1/s1. The van der Waals surface area contributed by atoms with Gasteiger partial charge in [0.25, 0.3) is 0 Å². The van der Waals surface area contributed by atoms with Gasteiger partial charge in [0, 0.05) is 12.1 Å². The van der Waals surface area contributed by atoms with Crippen molar-refractivity contribution < 1.29 is 23.8 Å². The first kappa shape index (κ1) is 19.0. The number of ether oxygens (including phenoxy) is 3. The maximum atomic E-state index is 12.4. The Hall–Kier alpha value is -3.33. The fourth-order valence-corrected chi connectivity index (χ4v) is 3.62. The van der Waals surface area contributed by atoms with Crippen molar-refractivity contribution in [3.63, 3.8) is 0 Å². The van der Waals surface area contributed by atoms with Crippen LogP contribution in [0.1, 0.15) is 12.5 Å². The molecule has 1 atom stereocenters. The SMILES string of the molecule is C[C@@H](NC(=O)OCc1ccccc1)C(=O)Nc1nc2cc3c(cc2s1)OCCO3. The summed E-state index contributed by atoms with van der Waals surface area (Å²) in [6.45, 7) is 2.71. The Bertz CT molecular complexity index is 994. The molecule has 3 aromatic rings. The Kier molecular flexibility index (Phi) is 5.48. The summed E-state index contributed by atoms with van der Waals surface area (Å²) in [5.74, 6) is 0.919. The molecular weight excluding hydrogens is 394 g/mol. The van der Waals surface area contributed by atoms with Crippen molar-refractivity contribution in [1.29, 1.82) is 0 Å². The molecule has 2 N–H and O–H groups in total. The van der Waals surface area contributed by atoms with E-state index in [2.05, 4.69) is 15.6 Å².